The number of hydrogen-bond donors (Lipinski definition) is 1. The van der Waals surface area contributed by atoms with Crippen molar-refractivity contribution in [3.63, 3.8) is 0 Å². The number of hydrogen-bond acceptors (Lipinski definition) is 6. The quantitative estimate of drug-likeness (QED) is 0.858. The number of piperidine rings is 3. The average Bonchev–Trinajstić information content (AvgIpc) is 3.24. The summed E-state index contributed by atoms with van der Waals surface area (Å²) in [5.74, 6) is 1.82. The van der Waals surface area contributed by atoms with Crippen LogP contribution in [0.15, 0.2) is 34.9 Å². The molecule has 4 heterocycles. The van der Waals surface area contributed by atoms with E-state index in [1.165, 1.54) is 25.7 Å². The minimum Gasteiger partial charge on any atom is -0.355 e. The second-order valence-corrected chi connectivity index (χ2v) is 8.73. The van der Waals surface area contributed by atoms with Crippen LogP contribution in [0.4, 0.5) is 6.01 Å². The molecule has 2 bridgehead atoms. The Morgan fingerprint density at radius 1 is 1.21 bits per heavy atom. The molecule has 1 N–H and O–H groups in total. The summed E-state index contributed by atoms with van der Waals surface area (Å²) < 4.78 is 5.67. The Kier molecular flexibility index (Phi) is 4.99. The Bertz CT molecular complexity index is 854. The molecular weight excluding hydrogens is 366 g/mol. The molecule has 7 nitrogen and oxygen atoms in total. The zero-order valence-corrected chi connectivity index (χ0v) is 17.0. The Balaban J connectivity index is 1.38. The molecule has 3 aliphatic rings. The van der Waals surface area contributed by atoms with E-state index < -0.39 is 0 Å². The summed E-state index contributed by atoms with van der Waals surface area (Å²) in [6.45, 7) is 5.37. The highest BCUT2D eigenvalue weighted by molar-refractivity contribution is 5.72. The van der Waals surface area contributed by atoms with Crippen LogP contribution >= 0.6 is 0 Å². The molecule has 0 unspecified atom stereocenters. The highest BCUT2D eigenvalue weighted by Gasteiger charge is 2.47. The van der Waals surface area contributed by atoms with Crippen LogP contribution in [0.3, 0.4) is 0 Å². The van der Waals surface area contributed by atoms with E-state index >= 15 is 0 Å². The third-order valence-corrected chi connectivity index (χ3v) is 6.90. The second kappa shape index (κ2) is 7.78. The summed E-state index contributed by atoms with van der Waals surface area (Å²) in [5, 5.41) is 7.30. The smallest absolute Gasteiger partial charge is 0.324 e. The van der Waals surface area contributed by atoms with Gasteiger partial charge in [-0.15, -0.1) is 0 Å². The maximum absolute atomic E-state index is 11.6. The van der Waals surface area contributed by atoms with Crippen molar-refractivity contribution >= 4 is 11.9 Å². The lowest BCUT2D eigenvalue weighted by Crippen LogP contribution is -2.65. The average molecular weight is 396 g/mol. The SMILES string of the molecule is CC(=O)NC[C@H]1[C@H]2C[C@H](CN(c3nc(-c4ccccc4)no3)C2)[C@@H]2CCCCN21. The summed E-state index contributed by atoms with van der Waals surface area (Å²) >= 11 is 0. The Hall–Kier alpha value is -2.41. The molecule has 0 aliphatic carbocycles. The Labute approximate surface area is 171 Å². The van der Waals surface area contributed by atoms with Gasteiger partial charge in [0, 0.05) is 44.2 Å². The number of nitrogens with one attached hydrogen (secondary N) is 1. The number of rotatable bonds is 4. The van der Waals surface area contributed by atoms with Crippen molar-refractivity contribution in [3.8, 4) is 11.4 Å². The number of amides is 1. The summed E-state index contributed by atoms with van der Waals surface area (Å²) in [4.78, 5) is 21.2. The van der Waals surface area contributed by atoms with Crippen molar-refractivity contribution in [2.75, 3.05) is 31.1 Å². The first-order valence-electron chi connectivity index (χ1n) is 10.8. The van der Waals surface area contributed by atoms with Crippen LogP contribution in [-0.2, 0) is 4.79 Å². The van der Waals surface area contributed by atoms with Gasteiger partial charge in [0.2, 0.25) is 11.7 Å². The van der Waals surface area contributed by atoms with E-state index in [4.69, 9.17) is 9.51 Å². The molecule has 0 saturated carbocycles. The van der Waals surface area contributed by atoms with Gasteiger partial charge in [0.05, 0.1) is 0 Å². The molecular formula is C22H29N5O2. The minimum atomic E-state index is 0.0535. The van der Waals surface area contributed by atoms with Gasteiger partial charge in [-0.05, 0) is 37.6 Å². The van der Waals surface area contributed by atoms with Crippen LogP contribution in [0.25, 0.3) is 11.4 Å². The number of carbonyl (C=O) groups is 1. The number of aromatic nitrogens is 2. The van der Waals surface area contributed by atoms with E-state index in [9.17, 15) is 4.79 Å². The summed E-state index contributed by atoms with van der Waals surface area (Å²) in [7, 11) is 0. The molecule has 1 aromatic heterocycles. The van der Waals surface area contributed by atoms with Crippen molar-refractivity contribution in [1.82, 2.24) is 20.4 Å². The van der Waals surface area contributed by atoms with Crippen molar-refractivity contribution < 1.29 is 9.32 Å². The third kappa shape index (κ3) is 3.64. The predicted octanol–water partition coefficient (Wildman–Crippen LogP) is 2.55. The number of carbonyl (C=O) groups excluding carboxylic acids is 1. The number of fused-ring (bicyclic) bond motifs is 4. The van der Waals surface area contributed by atoms with Crippen molar-refractivity contribution in [3.05, 3.63) is 30.3 Å². The molecule has 5 rings (SSSR count). The van der Waals surface area contributed by atoms with Gasteiger partial charge in [0.15, 0.2) is 0 Å². The maximum atomic E-state index is 11.6. The lowest BCUT2D eigenvalue weighted by molar-refractivity contribution is -0.119. The van der Waals surface area contributed by atoms with Crippen molar-refractivity contribution in [1.29, 1.82) is 0 Å². The molecule has 1 amide bonds. The van der Waals surface area contributed by atoms with Crippen LogP contribution in [0.5, 0.6) is 0 Å². The lowest BCUT2D eigenvalue weighted by atomic mass is 9.72. The van der Waals surface area contributed by atoms with Gasteiger partial charge in [0.1, 0.15) is 0 Å². The monoisotopic (exact) mass is 395 g/mol. The van der Waals surface area contributed by atoms with Crippen LogP contribution in [-0.4, -0.2) is 59.2 Å². The molecule has 4 atom stereocenters. The first-order chi connectivity index (χ1) is 14.2. The molecule has 3 saturated heterocycles. The van der Waals surface area contributed by atoms with E-state index in [-0.39, 0.29) is 5.91 Å². The molecule has 29 heavy (non-hydrogen) atoms. The molecule has 0 spiro atoms. The molecule has 0 radical (unpaired) electrons. The highest BCUT2D eigenvalue weighted by Crippen LogP contribution is 2.42. The normalized spacial score (nSPS) is 29.3. The fourth-order valence-corrected chi connectivity index (χ4v) is 5.64. The minimum absolute atomic E-state index is 0.0535. The molecule has 7 heteroatoms. The van der Waals surface area contributed by atoms with E-state index in [1.54, 1.807) is 6.92 Å². The van der Waals surface area contributed by atoms with E-state index in [0.717, 1.165) is 31.7 Å². The molecule has 1 aromatic carbocycles. The van der Waals surface area contributed by atoms with Gasteiger partial charge in [-0.25, -0.2) is 0 Å². The zero-order valence-electron chi connectivity index (χ0n) is 17.0. The molecule has 2 aromatic rings. The Morgan fingerprint density at radius 2 is 2.03 bits per heavy atom. The fraction of sp³-hybridized carbons (Fsp3) is 0.591. The van der Waals surface area contributed by atoms with Gasteiger partial charge in [0.25, 0.3) is 0 Å². The summed E-state index contributed by atoms with van der Waals surface area (Å²) in [6, 6.07) is 11.6. The third-order valence-electron chi connectivity index (χ3n) is 6.90. The van der Waals surface area contributed by atoms with E-state index in [2.05, 4.69) is 20.3 Å². The largest absolute Gasteiger partial charge is 0.355 e. The van der Waals surface area contributed by atoms with Crippen molar-refractivity contribution in [2.24, 2.45) is 11.8 Å². The maximum Gasteiger partial charge on any atom is 0.324 e. The molecule has 154 valence electrons. The predicted molar refractivity (Wildman–Crippen MR) is 110 cm³/mol. The van der Waals surface area contributed by atoms with Crippen LogP contribution < -0.4 is 10.2 Å². The first-order valence-corrected chi connectivity index (χ1v) is 10.8. The standard InChI is InChI=1S/C22H29N5O2/c1-15(28)23-12-20-18-11-17(19-9-5-6-10-27(19)20)13-26(14-18)22-24-21(25-29-22)16-7-3-2-4-8-16/h2-4,7-8,17-20H,5-6,9-14H2,1H3,(H,23,28)/t17-,18+,19+,20+/m1/s1. The second-order valence-electron chi connectivity index (χ2n) is 8.73. The molecule has 3 fully saturated rings. The topological polar surface area (TPSA) is 74.5 Å². The summed E-state index contributed by atoms with van der Waals surface area (Å²) in [6.07, 6.45) is 5.04. The highest BCUT2D eigenvalue weighted by atomic mass is 16.5. The first kappa shape index (κ1) is 18.6. The lowest BCUT2D eigenvalue weighted by Gasteiger charge is -2.56. The van der Waals surface area contributed by atoms with Gasteiger partial charge >= 0.3 is 6.01 Å². The molecule has 3 aliphatic heterocycles. The van der Waals surface area contributed by atoms with Gasteiger partial charge in [-0.3, -0.25) is 9.69 Å². The number of nitrogens with zero attached hydrogens (tertiary/aromatic N) is 4. The van der Waals surface area contributed by atoms with Crippen molar-refractivity contribution in [2.45, 2.75) is 44.7 Å². The van der Waals surface area contributed by atoms with Gasteiger partial charge in [-0.1, -0.05) is 41.9 Å². The Morgan fingerprint density at radius 3 is 2.86 bits per heavy atom. The fourth-order valence-electron chi connectivity index (χ4n) is 5.64. The van der Waals surface area contributed by atoms with Crippen LogP contribution in [0.2, 0.25) is 0 Å². The van der Waals surface area contributed by atoms with E-state index in [0.29, 0.717) is 35.8 Å². The van der Waals surface area contributed by atoms with Crippen LogP contribution in [0.1, 0.15) is 32.6 Å². The number of benzene rings is 1. The summed E-state index contributed by atoms with van der Waals surface area (Å²) in [5.41, 5.74) is 0.974. The number of anilines is 1. The zero-order chi connectivity index (χ0) is 19.8. The van der Waals surface area contributed by atoms with Gasteiger partial charge in [-0.2, -0.15) is 4.98 Å². The van der Waals surface area contributed by atoms with Gasteiger partial charge < -0.3 is 14.7 Å². The van der Waals surface area contributed by atoms with E-state index in [1.807, 2.05) is 30.3 Å². The van der Waals surface area contributed by atoms with Crippen LogP contribution in [0, 0.1) is 11.8 Å².